The van der Waals surface area contributed by atoms with E-state index < -0.39 is 0 Å². The molecule has 0 saturated heterocycles. The Hall–Kier alpha value is -0.300. The first-order valence-electron chi connectivity index (χ1n) is 8.00. The third-order valence-corrected chi connectivity index (χ3v) is 4.41. The molecule has 1 fully saturated rings. The van der Waals surface area contributed by atoms with Crippen LogP contribution in [-0.4, -0.2) is 13.1 Å². The first-order valence-corrected chi connectivity index (χ1v) is 8.00. The zero-order valence-corrected chi connectivity index (χ0v) is 12.8. The lowest BCUT2D eigenvalue weighted by Gasteiger charge is -2.12. The molecule has 0 aromatic rings. The van der Waals surface area contributed by atoms with Crippen molar-refractivity contribution in [1.82, 2.24) is 5.32 Å². The van der Waals surface area contributed by atoms with Crippen LogP contribution in [0, 0.1) is 17.8 Å². The van der Waals surface area contributed by atoms with Gasteiger partial charge in [-0.05, 0) is 43.6 Å². The molecular formula is C17H33N. The minimum Gasteiger partial charge on any atom is -0.313 e. The third-order valence-electron chi connectivity index (χ3n) is 4.41. The fourth-order valence-corrected chi connectivity index (χ4v) is 2.69. The van der Waals surface area contributed by atoms with Crippen molar-refractivity contribution in [2.45, 2.75) is 65.7 Å². The van der Waals surface area contributed by atoms with E-state index in [2.05, 4.69) is 32.7 Å². The van der Waals surface area contributed by atoms with E-state index in [9.17, 15) is 0 Å². The Kier molecular flexibility index (Phi) is 7.65. The zero-order valence-electron chi connectivity index (χ0n) is 12.8. The van der Waals surface area contributed by atoms with Crippen molar-refractivity contribution in [3.8, 4) is 0 Å². The molecule has 1 aliphatic rings. The molecule has 3 atom stereocenters. The summed E-state index contributed by atoms with van der Waals surface area (Å²) in [6.45, 7) is 13.1. The van der Waals surface area contributed by atoms with Crippen LogP contribution < -0.4 is 5.32 Å². The quantitative estimate of drug-likeness (QED) is 0.411. The summed E-state index contributed by atoms with van der Waals surface area (Å²) in [7, 11) is 0. The van der Waals surface area contributed by atoms with Crippen molar-refractivity contribution in [2.24, 2.45) is 17.8 Å². The number of hydrogen-bond donors (Lipinski definition) is 1. The predicted octanol–water partition coefficient (Wildman–Crippen LogP) is 4.78. The summed E-state index contributed by atoms with van der Waals surface area (Å²) < 4.78 is 0. The van der Waals surface area contributed by atoms with Gasteiger partial charge in [-0.2, -0.15) is 0 Å². The van der Waals surface area contributed by atoms with E-state index in [-0.39, 0.29) is 0 Å². The van der Waals surface area contributed by atoms with E-state index in [4.69, 9.17) is 0 Å². The van der Waals surface area contributed by atoms with Crippen LogP contribution in [0.15, 0.2) is 12.2 Å². The topological polar surface area (TPSA) is 12.0 Å². The number of hydrogen-bond acceptors (Lipinski definition) is 1. The Morgan fingerprint density at radius 2 is 2.06 bits per heavy atom. The van der Waals surface area contributed by atoms with Gasteiger partial charge < -0.3 is 5.32 Å². The van der Waals surface area contributed by atoms with Gasteiger partial charge in [-0.25, -0.2) is 0 Å². The van der Waals surface area contributed by atoms with Gasteiger partial charge in [-0.15, -0.1) is 0 Å². The molecule has 1 heteroatoms. The molecule has 0 aliphatic heterocycles. The molecule has 1 rings (SSSR count). The van der Waals surface area contributed by atoms with Crippen molar-refractivity contribution in [2.75, 3.05) is 13.1 Å². The van der Waals surface area contributed by atoms with Gasteiger partial charge >= 0.3 is 0 Å². The Bertz CT molecular complexity index is 234. The van der Waals surface area contributed by atoms with Gasteiger partial charge in [0.15, 0.2) is 0 Å². The molecule has 1 nitrogen and oxygen atoms in total. The summed E-state index contributed by atoms with van der Waals surface area (Å²) in [5.41, 5.74) is 1.37. The SMILES string of the molecule is C=C(CCC(C)CCCCC1CC1C)CNCC. The van der Waals surface area contributed by atoms with Crippen molar-refractivity contribution >= 4 is 0 Å². The number of rotatable bonds is 11. The molecular weight excluding hydrogens is 218 g/mol. The average Bonchev–Trinajstić information content (AvgIpc) is 3.05. The second-order valence-corrected chi connectivity index (χ2v) is 6.43. The molecule has 0 bridgehead atoms. The van der Waals surface area contributed by atoms with Gasteiger partial charge in [0.05, 0.1) is 0 Å². The van der Waals surface area contributed by atoms with Crippen LogP contribution in [0.2, 0.25) is 0 Å². The van der Waals surface area contributed by atoms with E-state index >= 15 is 0 Å². The molecule has 1 saturated carbocycles. The van der Waals surface area contributed by atoms with E-state index in [1.54, 1.807) is 0 Å². The highest BCUT2D eigenvalue weighted by atomic mass is 14.8. The maximum absolute atomic E-state index is 4.14. The highest BCUT2D eigenvalue weighted by molar-refractivity contribution is 4.96. The maximum atomic E-state index is 4.14. The third kappa shape index (κ3) is 7.20. The predicted molar refractivity (Wildman–Crippen MR) is 81.8 cm³/mol. The number of nitrogens with one attached hydrogen (secondary N) is 1. The summed E-state index contributed by atoms with van der Waals surface area (Å²) in [5, 5.41) is 3.35. The van der Waals surface area contributed by atoms with E-state index in [1.165, 1.54) is 50.5 Å². The van der Waals surface area contributed by atoms with Crippen LogP contribution in [0.5, 0.6) is 0 Å². The first-order chi connectivity index (χ1) is 8.63. The Morgan fingerprint density at radius 3 is 2.67 bits per heavy atom. The van der Waals surface area contributed by atoms with Crippen LogP contribution >= 0.6 is 0 Å². The summed E-state index contributed by atoms with van der Waals surface area (Å²) in [6.07, 6.45) is 9.82. The van der Waals surface area contributed by atoms with Gasteiger partial charge in [0.25, 0.3) is 0 Å². The fourth-order valence-electron chi connectivity index (χ4n) is 2.69. The lowest BCUT2D eigenvalue weighted by molar-refractivity contribution is 0.451. The van der Waals surface area contributed by atoms with E-state index in [1.807, 2.05) is 0 Å². The molecule has 0 heterocycles. The standard InChI is InChI=1S/C17H33N/c1-5-18-13-15(3)11-10-14(2)8-6-7-9-17-12-16(17)4/h14,16-18H,3,5-13H2,1-2,4H3. The summed E-state index contributed by atoms with van der Waals surface area (Å²) in [5.74, 6) is 3.00. The van der Waals surface area contributed by atoms with Crippen molar-refractivity contribution in [1.29, 1.82) is 0 Å². The first kappa shape index (κ1) is 15.8. The second kappa shape index (κ2) is 8.74. The highest BCUT2D eigenvalue weighted by Gasteiger charge is 2.31. The average molecular weight is 251 g/mol. The molecule has 0 spiro atoms. The molecule has 3 unspecified atom stereocenters. The van der Waals surface area contributed by atoms with Crippen LogP contribution in [0.25, 0.3) is 0 Å². The lowest BCUT2D eigenvalue weighted by atomic mass is 9.95. The van der Waals surface area contributed by atoms with Gasteiger partial charge in [0, 0.05) is 6.54 Å². The summed E-state index contributed by atoms with van der Waals surface area (Å²) in [6, 6.07) is 0. The normalized spacial score (nSPS) is 23.9. The van der Waals surface area contributed by atoms with Crippen LogP contribution in [0.1, 0.15) is 65.7 Å². The van der Waals surface area contributed by atoms with Crippen molar-refractivity contribution < 1.29 is 0 Å². The van der Waals surface area contributed by atoms with E-state index in [0.717, 1.165) is 30.8 Å². The molecule has 0 amide bonds. The molecule has 1 aliphatic carbocycles. The molecule has 1 N–H and O–H groups in total. The van der Waals surface area contributed by atoms with Crippen LogP contribution in [0.3, 0.4) is 0 Å². The molecule has 0 aromatic carbocycles. The van der Waals surface area contributed by atoms with Crippen LogP contribution in [-0.2, 0) is 0 Å². The number of unbranched alkanes of at least 4 members (excludes halogenated alkanes) is 1. The maximum Gasteiger partial charge on any atom is 0.0161 e. The molecule has 0 radical (unpaired) electrons. The Balaban J connectivity index is 1.89. The van der Waals surface area contributed by atoms with Gasteiger partial charge in [0.1, 0.15) is 0 Å². The molecule has 0 aromatic heterocycles. The van der Waals surface area contributed by atoms with Crippen molar-refractivity contribution in [3.63, 3.8) is 0 Å². The summed E-state index contributed by atoms with van der Waals surface area (Å²) >= 11 is 0. The van der Waals surface area contributed by atoms with Crippen LogP contribution in [0.4, 0.5) is 0 Å². The monoisotopic (exact) mass is 251 g/mol. The van der Waals surface area contributed by atoms with Gasteiger partial charge in [-0.1, -0.05) is 58.6 Å². The second-order valence-electron chi connectivity index (χ2n) is 6.43. The minimum absolute atomic E-state index is 0.875. The molecule has 106 valence electrons. The number of likely N-dealkylation sites (N-methyl/N-ethyl adjacent to an activating group) is 1. The van der Waals surface area contributed by atoms with E-state index in [0.29, 0.717) is 0 Å². The van der Waals surface area contributed by atoms with Gasteiger partial charge in [-0.3, -0.25) is 0 Å². The zero-order chi connectivity index (χ0) is 13.4. The Labute approximate surface area is 114 Å². The largest absolute Gasteiger partial charge is 0.313 e. The minimum atomic E-state index is 0.875. The fraction of sp³-hybridized carbons (Fsp3) is 0.882. The summed E-state index contributed by atoms with van der Waals surface area (Å²) in [4.78, 5) is 0. The smallest absolute Gasteiger partial charge is 0.0161 e. The van der Waals surface area contributed by atoms with Crippen molar-refractivity contribution in [3.05, 3.63) is 12.2 Å². The Morgan fingerprint density at radius 1 is 1.33 bits per heavy atom. The highest BCUT2D eigenvalue weighted by Crippen LogP contribution is 2.41. The van der Waals surface area contributed by atoms with Gasteiger partial charge in [0.2, 0.25) is 0 Å². The molecule has 18 heavy (non-hydrogen) atoms. The lowest BCUT2D eigenvalue weighted by Crippen LogP contribution is -2.15.